The van der Waals surface area contributed by atoms with Gasteiger partial charge in [-0.15, -0.1) is 0 Å². The molecule has 342 valence electrons. The molecule has 6 heteroatoms. The smallest absolute Gasteiger partial charge is 0.306 e. The summed E-state index contributed by atoms with van der Waals surface area (Å²) in [7, 11) is 0. The van der Waals surface area contributed by atoms with E-state index in [0.29, 0.717) is 19.3 Å². The Labute approximate surface area is 365 Å². The van der Waals surface area contributed by atoms with E-state index in [1.807, 2.05) is 0 Å². The van der Waals surface area contributed by atoms with E-state index in [2.05, 4.69) is 69.4 Å². The molecule has 0 aliphatic rings. The number of hydrogen-bond acceptors (Lipinski definition) is 6. The molecule has 0 saturated heterocycles. The van der Waals surface area contributed by atoms with Crippen molar-refractivity contribution in [3.63, 3.8) is 0 Å². The fourth-order valence-corrected chi connectivity index (χ4v) is 7.04. The minimum atomic E-state index is -0.787. The maximum Gasteiger partial charge on any atom is 0.306 e. The van der Waals surface area contributed by atoms with Crippen LogP contribution >= 0.6 is 0 Å². The van der Waals surface area contributed by atoms with E-state index < -0.39 is 6.10 Å². The van der Waals surface area contributed by atoms with Crippen molar-refractivity contribution in [2.45, 2.75) is 258 Å². The van der Waals surface area contributed by atoms with Crippen LogP contribution in [0, 0.1) is 0 Å². The molecule has 1 unspecified atom stereocenters. The predicted octanol–water partition coefficient (Wildman–Crippen LogP) is 16.3. The van der Waals surface area contributed by atoms with Gasteiger partial charge in [-0.2, -0.15) is 0 Å². The van der Waals surface area contributed by atoms with Gasteiger partial charge < -0.3 is 14.2 Å². The summed E-state index contributed by atoms with van der Waals surface area (Å²) in [4.78, 5) is 37.9. The minimum absolute atomic E-state index is 0.0854. The van der Waals surface area contributed by atoms with Gasteiger partial charge in [0.1, 0.15) is 13.2 Å². The highest BCUT2D eigenvalue weighted by atomic mass is 16.6. The highest BCUT2D eigenvalue weighted by Crippen LogP contribution is 2.15. The Balaban J connectivity index is 4.40. The number of allylic oxidation sites excluding steroid dienone is 8. The molecular weight excluding hydrogens is 733 g/mol. The van der Waals surface area contributed by atoms with Gasteiger partial charge in [0.25, 0.3) is 0 Å². The fourth-order valence-electron chi connectivity index (χ4n) is 7.04. The molecule has 59 heavy (non-hydrogen) atoms. The quantitative estimate of drug-likeness (QED) is 0.0263. The normalized spacial score (nSPS) is 12.4. The first-order valence-corrected chi connectivity index (χ1v) is 25.1. The molecule has 0 fully saturated rings. The predicted molar refractivity (Wildman–Crippen MR) is 252 cm³/mol. The maximum absolute atomic E-state index is 12.7. The van der Waals surface area contributed by atoms with Gasteiger partial charge in [-0.25, -0.2) is 0 Å². The molecule has 0 aliphatic heterocycles. The summed E-state index contributed by atoms with van der Waals surface area (Å²) in [6.07, 6.45) is 56.6. The highest BCUT2D eigenvalue weighted by Gasteiger charge is 2.19. The van der Waals surface area contributed by atoms with Crippen LogP contribution in [0.3, 0.4) is 0 Å². The SMILES string of the molecule is CC/C=C\C/C=C\C/C=C\CCCCCC(=O)OC(COC(=O)CCCCCCC/C=C\CCCCCC)COC(=O)CCCCCCCCCCCCCCCCC. The molecule has 0 aromatic heterocycles. The van der Waals surface area contributed by atoms with Crippen molar-refractivity contribution in [1.82, 2.24) is 0 Å². The van der Waals surface area contributed by atoms with Gasteiger partial charge in [-0.05, 0) is 77.0 Å². The van der Waals surface area contributed by atoms with Crippen LogP contribution in [0.2, 0.25) is 0 Å². The molecule has 0 aromatic carbocycles. The number of esters is 3. The number of ether oxygens (including phenoxy) is 3. The third-order valence-corrected chi connectivity index (χ3v) is 10.8. The zero-order valence-electron chi connectivity index (χ0n) is 39.0. The Morgan fingerprint density at radius 1 is 0.356 bits per heavy atom. The number of unbranched alkanes of at least 4 members (excludes halogenated alkanes) is 26. The number of hydrogen-bond donors (Lipinski definition) is 0. The number of carbonyl (C=O) groups is 3. The third-order valence-electron chi connectivity index (χ3n) is 10.8. The van der Waals surface area contributed by atoms with Crippen molar-refractivity contribution < 1.29 is 28.6 Å². The second kappa shape index (κ2) is 48.0. The van der Waals surface area contributed by atoms with Crippen LogP contribution in [-0.4, -0.2) is 37.2 Å². The Hall–Kier alpha value is -2.63. The Kier molecular flexibility index (Phi) is 45.9. The van der Waals surface area contributed by atoms with Crippen LogP contribution in [0.1, 0.15) is 252 Å². The molecule has 0 radical (unpaired) electrons. The zero-order valence-corrected chi connectivity index (χ0v) is 39.0. The largest absolute Gasteiger partial charge is 0.462 e. The second-order valence-electron chi connectivity index (χ2n) is 16.7. The van der Waals surface area contributed by atoms with Crippen LogP contribution in [-0.2, 0) is 28.6 Å². The molecular formula is C53H94O6. The van der Waals surface area contributed by atoms with Crippen molar-refractivity contribution in [2.24, 2.45) is 0 Å². The molecule has 0 heterocycles. The van der Waals surface area contributed by atoms with Crippen molar-refractivity contribution in [3.05, 3.63) is 48.6 Å². The first-order valence-electron chi connectivity index (χ1n) is 25.1. The molecule has 1 atom stereocenters. The molecule has 0 spiro atoms. The van der Waals surface area contributed by atoms with Gasteiger partial charge in [0.15, 0.2) is 6.10 Å². The van der Waals surface area contributed by atoms with E-state index in [4.69, 9.17) is 14.2 Å². The van der Waals surface area contributed by atoms with Crippen LogP contribution in [0.4, 0.5) is 0 Å². The minimum Gasteiger partial charge on any atom is -0.462 e. The topological polar surface area (TPSA) is 78.9 Å². The molecule has 0 bridgehead atoms. The lowest BCUT2D eigenvalue weighted by atomic mass is 10.0. The van der Waals surface area contributed by atoms with Gasteiger partial charge in [-0.1, -0.05) is 204 Å². The Bertz CT molecular complexity index is 1040. The second-order valence-corrected chi connectivity index (χ2v) is 16.7. The van der Waals surface area contributed by atoms with E-state index in [1.54, 1.807) is 0 Å². The fraction of sp³-hybridized carbons (Fsp3) is 0.792. The monoisotopic (exact) mass is 827 g/mol. The summed E-state index contributed by atoms with van der Waals surface area (Å²) in [6, 6.07) is 0. The number of carbonyl (C=O) groups excluding carboxylic acids is 3. The average molecular weight is 827 g/mol. The van der Waals surface area contributed by atoms with Gasteiger partial charge in [0.2, 0.25) is 0 Å². The van der Waals surface area contributed by atoms with Crippen LogP contribution in [0.5, 0.6) is 0 Å². The van der Waals surface area contributed by atoms with Crippen LogP contribution < -0.4 is 0 Å². The van der Waals surface area contributed by atoms with E-state index in [9.17, 15) is 14.4 Å². The molecule has 0 aromatic rings. The van der Waals surface area contributed by atoms with Crippen molar-refractivity contribution in [2.75, 3.05) is 13.2 Å². The summed E-state index contributed by atoms with van der Waals surface area (Å²) in [5.74, 6) is -0.918. The van der Waals surface area contributed by atoms with E-state index >= 15 is 0 Å². The molecule has 6 nitrogen and oxygen atoms in total. The molecule has 0 saturated carbocycles. The van der Waals surface area contributed by atoms with E-state index in [1.165, 1.54) is 122 Å². The third kappa shape index (κ3) is 46.3. The van der Waals surface area contributed by atoms with Gasteiger partial charge in [0, 0.05) is 19.3 Å². The Morgan fingerprint density at radius 3 is 1.08 bits per heavy atom. The van der Waals surface area contributed by atoms with Gasteiger partial charge in [0.05, 0.1) is 0 Å². The lowest BCUT2D eigenvalue weighted by Gasteiger charge is -2.18. The molecule has 0 N–H and O–H groups in total. The summed E-state index contributed by atoms with van der Waals surface area (Å²) in [6.45, 7) is 6.49. The Morgan fingerprint density at radius 2 is 0.661 bits per heavy atom. The summed E-state index contributed by atoms with van der Waals surface area (Å²) in [5, 5.41) is 0. The summed E-state index contributed by atoms with van der Waals surface area (Å²) in [5.41, 5.74) is 0. The highest BCUT2D eigenvalue weighted by molar-refractivity contribution is 5.71. The standard InChI is InChI=1S/C53H94O6/c1-4-7-10-13-16-19-22-25-26-29-31-34-37-40-43-46-52(55)58-49-50(59-53(56)47-44-41-38-35-32-28-24-21-18-15-12-9-6-3)48-57-51(54)45-42-39-36-33-30-27-23-20-17-14-11-8-5-2/h9,12,18,20-21,23,28,32,50H,4-8,10-11,13-17,19,22,24-27,29-31,33-49H2,1-3H3/b12-9-,21-18-,23-20-,32-28-. The van der Waals surface area contributed by atoms with Crippen molar-refractivity contribution in [3.8, 4) is 0 Å². The lowest BCUT2D eigenvalue weighted by molar-refractivity contribution is -0.167. The van der Waals surface area contributed by atoms with Crippen LogP contribution in [0.25, 0.3) is 0 Å². The van der Waals surface area contributed by atoms with Gasteiger partial charge in [-0.3, -0.25) is 14.4 Å². The first-order chi connectivity index (χ1) is 29.0. The average Bonchev–Trinajstić information content (AvgIpc) is 3.23. The van der Waals surface area contributed by atoms with Crippen LogP contribution in [0.15, 0.2) is 48.6 Å². The van der Waals surface area contributed by atoms with E-state index in [-0.39, 0.29) is 31.1 Å². The lowest BCUT2D eigenvalue weighted by Crippen LogP contribution is -2.30. The number of rotatable bonds is 45. The maximum atomic E-state index is 12.7. The summed E-state index contributed by atoms with van der Waals surface area (Å²) >= 11 is 0. The first kappa shape index (κ1) is 56.4. The molecule has 0 aliphatic carbocycles. The van der Waals surface area contributed by atoms with Crippen molar-refractivity contribution in [1.29, 1.82) is 0 Å². The van der Waals surface area contributed by atoms with Gasteiger partial charge >= 0.3 is 17.9 Å². The summed E-state index contributed by atoms with van der Waals surface area (Å²) < 4.78 is 16.7. The van der Waals surface area contributed by atoms with E-state index in [0.717, 1.165) is 89.9 Å². The molecule has 0 rings (SSSR count). The van der Waals surface area contributed by atoms with Crippen molar-refractivity contribution >= 4 is 17.9 Å². The zero-order chi connectivity index (χ0) is 43.0. The molecule has 0 amide bonds.